The van der Waals surface area contributed by atoms with E-state index >= 15 is 0 Å². The number of rotatable bonds is 6. The van der Waals surface area contributed by atoms with Crippen LogP contribution in [0.5, 0.6) is 0 Å². The minimum Gasteiger partial charge on any atom is -0.353 e. The van der Waals surface area contributed by atoms with E-state index in [4.69, 9.17) is 5.73 Å². The highest BCUT2D eigenvalue weighted by atomic mass is 16.2. The van der Waals surface area contributed by atoms with Gasteiger partial charge in [-0.25, -0.2) is 0 Å². The summed E-state index contributed by atoms with van der Waals surface area (Å²) in [4.78, 5) is 25.5. The quantitative estimate of drug-likeness (QED) is 0.751. The van der Waals surface area contributed by atoms with E-state index in [2.05, 4.69) is 5.32 Å². The first-order chi connectivity index (χ1) is 9.08. The van der Waals surface area contributed by atoms with Crippen LogP contribution in [-0.4, -0.2) is 42.4 Å². The molecule has 3 N–H and O–H groups in total. The largest absolute Gasteiger partial charge is 0.353 e. The first-order valence-electron chi connectivity index (χ1n) is 7.36. The topological polar surface area (TPSA) is 75.4 Å². The molecule has 1 saturated heterocycles. The first-order valence-corrected chi connectivity index (χ1v) is 7.36. The molecule has 5 heteroatoms. The summed E-state index contributed by atoms with van der Waals surface area (Å²) in [5, 5.41) is 3.04. The molecule has 1 aliphatic rings. The third kappa shape index (κ3) is 5.19. The Bertz CT molecular complexity index is 299. The average molecular weight is 269 g/mol. The van der Waals surface area contributed by atoms with Crippen molar-refractivity contribution < 1.29 is 9.59 Å². The number of carbonyl (C=O) groups is 2. The molecule has 5 nitrogen and oxygen atoms in total. The Morgan fingerprint density at radius 3 is 2.53 bits per heavy atom. The van der Waals surface area contributed by atoms with Gasteiger partial charge in [0.15, 0.2) is 0 Å². The lowest BCUT2D eigenvalue weighted by Crippen LogP contribution is -2.47. The Morgan fingerprint density at radius 1 is 1.37 bits per heavy atom. The molecule has 1 unspecified atom stereocenters. The van der Waals surface area contributed by atoms with Crippen LogP contribution < -0.4 is 11.1 Å². The van der Waals surface area contributed by atoms with Gasteiger partial charge in [-0.3, -0.25) is 9.59 Å². The summed E-state index contributed by atoms with van der Waals surface area (Å²) in [6.45, 7) is 5.97. The standard InChI is InChI=1S/C14H27N3O2/c1-3-4-13(18)16-12-6-9-17(10-7-12)14(19)11(2)5-8-15/h11-12H,3-10,15H2,1-2H3,(H,16,18). The zero-order valence-electron chi connectivity index (χ0n) is 12.2. The van der Waals surface area contributed by atoms with E-state index in [1.165, 1.54) is 0 Å². The van der Waals surface area contributed by atoms with Gasteiger partial charge in [-0.1, -0.05) is 13.8 Å². The molecule has 0 aliphatic carbocycles. The second-order valence-corrected chi connectivity index (χ2v) is 5.40. The van der Waals surface area contributed by atoms with Crippen molar-refractivity contribution in [2.75, 3.05) is 19.6 Å². The third-order valence-corrected chi connectivity index (χ3v) is 3.67. The Hall–Kier alpha value is -1.10. The molecule has 0 spiro atoms. The second kappa shape index (κ2) is 8.15. The highest BCUT2D eigenvalue weighted by Gasteiger charge is 2.26. The zero-order chi connectivity index (χ0) is 14.3. The molecular formula is C14H27N3O2. The van der Waals surface area contributed by atoms with Gasteiger partial charge in [-0.2, -0.15) is 0 Å². The van der Waals surface area contributed by atoms with E-state index in [0.29, 0.717) is 13.0 Å². The number of amides is 2. The third-order valence-electron chi connectivity index (χ3n) is 3.67. The number of likely N-dealkylation sites (tertiary alicyclic amines) is 1. The molecule has 0 aromatic heterocycles. The van der Waals surface area contributed by atoms with Crippen LogP contribution in [0, 0.1) is 5.92 Å². The van der Waals surface area contributed by atoms with Crippen molar-refractivity contribution in [3.63, 3.8) is 0 Å². The maximum atomic E-state index is 12.1. The molecular weight excluding hydrogens is 242 g/mol. The lowest BCUT2D eigenvalue weighted by Gasteiger charge is -2.34. The molecule has 0 aromatic carbocycles. The Morgan fingerprint density at radius 2 is 2.00 bits per heavy atom. The van der Waals surface area contributed by atoms with Gasteiger partial charge in [0.1, 0.15) is 0 Å². The molecule has 1 aliphatic heterocycles. The molecule has 0 radical (unpaired) electrons. The summed E-state index contributed by atoms with van der Waals surface area (Å²) in [5.74, 6) is 0.337. The summed E-state index contributed by atoms with van der Waals surface area (Å²) in [7, 11) is 0. The average Bonchev–Trinajstić information content (AvgIpc) is 2.39. The normalized spacial score (nSPS) is 18.2. The fourth-order valence-electron chi connectivity index (χ4n) is 2.46. The fourth-order valence-corrected chi connectivity index (χ4v) is 2.46. The predicted octanol–water partition coefficient (Wildman–Crippen LogP) is 0.879. The lowest BCUT2D eigenvalue weighted by molar-refractivity contribution is -0.136. The van der Waals surface area contributed by atoms with Crippen molar-refractivity contribution in [3.05, 3.63) is 0 Å². The monoisotopic (exact) mass is 269 g/mol. The maximum absolute atomic E-state index is 12.1. The van der Waals surface area contributed by atoms with Crippen LogP contribution in [0.15, 0.2) is 0 Å². The summed E-state index contributed by atoms with van der Waals surface area (Å²) in [6, 6.07) is 0.230. The Balaban J connectivity index is 2.32. The van der Waals surface area contributed by atoms with E-state index < -0.39 is 0 Å². The SMILES string of the molecule is CCCC(=O)NC1CCN(C(=O)C(C)CCN)CC1. The number of nitrogens with zero attached hydrogens (tertiary/aromatic N) is 1. The summed E-state index contributed by atoms with van der Waals surface area (Å²) < 4.78 is 0. The van der Waals surface area contributed by atoms with Crippen molar-refractivity contribution in [2.24, 2.45) is 11.7 Å². The van der Waals surface area contributed by atoms with Crippen LogP contribution in [0.2, 0.25) is 0 Å². The van der Waals surface area contributed by atoms with Crippen LogP contribution >= 0.6 is 0 Å². The summed E-state index contributed by atoms with van der Waals surface area (Å²) in [5.41, 5.74) is 5.48. The van der Waals surface area contributed by atoms with E-state index in [1.807, 2.05) is 18.7 Å². The second-order valence-electron chi connectivity index (χ2n) is 5.40. The molecule has 0 aromatic rings. The molecule has 110 valence electrons. The molecule has 2 amide bonds. The first kappa shape index (κ1) is 16.0. The van der Waals surface area contributed by atoms with Crippen LogP contribution in [0.3, 0.4) is 0 Å². The van der Waals surface area contributed by atoms with Gasteiger partial charge in [-0.05, 0) is 32.2 Å². The van der Waals surface area contributed by atoms with Gasteiger partial charge in [0.25, 0.3) is 0 Å². The molecule has 0 bridgehead atoms. The number of hydrogen-bond acceptors (Lipinski definition) is 3. The summed E-state index contributed by atoms with van der Waals surface area (Å²) >= 11 is 0. The number of nitrogens with two attached hydrogens (primary N) is 1. The number of piperidine rings is 1. The highest BCUT2D eigenvalue weighted by Crippen LogP contribution is 2.15. The smallest absolute Gasteiger partial charge is 0.225 e. The van der Waals surface area contributed by atoms with E-state index in [0.717, 1.165) is 38.8 Å². The van der Waals surface area contributed by atoms with E-state index in [1.54, 1.807) is 0 Å². The number of nitrogens with one attached hydrogen (secondary N) is 1. The van der Waals surface area contributed by atoms with Crippen LogP contribution in [-0.2, 0) is 9.59 Å². The molecule has 0 saturated carbocycles. The van der Waals surface area contributed by atoms with Gasteiger partial charge >= 0.3 is 0 Å². The zero-order valence-corrected chi connectivity index (χ0v) is 12.2. The Labute approximate surface area is 115 Å². The van der Waals surface area contributed by atoms with Crippen LogP contribution in [0.25, 0.3) is 0 Å². The van der Waals surface area contributed by atoms with E-state index in [-0.39, 0.29) is 23.8 Å². The van der Waals surface area contributed by atoms with Crippen LogP contribution in [0.4, 0.5) is 0 Å². The van der Waals surface area contributed by atoms with Gasteiger partial charge in [0.05, 0.1) is 0 Å². The van der Waals surface area contributed by atoms with Crippen molar-refractivity contribution >= 4 is 11.8 Å². The van der Waals surface area contributed by atoms with Crippen molar-refractivity contribution in [1.29, 1.82) is 0 Å². The minimum absolute atomic E-state index is 0.0104. The van der Waals surface area contributed by atoms with Crippen molar-refractivity contribution in [3.8, 4) is 0 Å². The van der Waals surface area contributed by atoms with Crippen molar-refractivity contribution in [1.82, 2.24) is 10.2 Å². The molecule has 1 fully saturated rings. The molecule has 19 heavy (non-hydrogen) atoms. The lowest BCUT2D eigenvalue weighted by atomic mass is 10.0. The van der Waals surface area contributed by atoms with Crippen LogP contribution in [0.1, 0.15) is 46.0 Å². The van der Waals surface area contributed by atoms with Gasteiger partial charge < -0.3 is 16.0 Å². The number of carbonyl (C=O) groups excluding carboxylic acids is 2. The number of hydrogen-bond donors (Lipinski definition) is 2. The molecule has 1 heterocycles. The highest BCUT2D eigenvalue weighted by molar-refractivity contribution is 5.79. The molecule has 1 atom stereocenters. The van der Waals surface area contributed by atoms with Crippen molar-refractivity contribution in [2.45, 2.75) is 52.0 Å². The summed E-state index contributed by atoms with van der Waals surface area (Å²) in [6.07, 6.45) is 3.92. The van der Waals surface area contributed by atoms with Gasteiger partial charge in [0.2, 0.25) is 11.8 Å². The van der Waals surface area contributed by atoms with Gasteiger partial charge in [0, 0.05) is 31.5 Å². The fraction of sp³-hybridized carbons (Fsp3) is 0.857. The Kier molecular flexibility index (Phi) is 6.84. The minimum atomic E-state index is 0.0104. The predicted molar refractivity (Wildman–Crippen MR) is 75.5 cm³/mol. The van der Waals surface area contributed by atoms with Gasteiger partial charge in [-0.15, -0.1) is 0 Å². The van der Waals surface area contributed by atoms with E-state index in [9.17, 15) is 9.59 Å². The maximum Gasteiger partial charge on any atom is 0.225 e. The molecule has 1 rings (SSSR count).